The quantitative estimate of drug-likeness (QED) is 0.859. The van der Waals surface area contributed by atoms with E-state index < -0.39 is 9.84 Å². The molecule has 2 atom stereocenters. The standard InChI is InChI=1S/C16H24O3S/c1-12-5-8-14(9-6-12)20(17,18)11-13-7-10-15(19-13)16(2,3)4/h5-6,8-9,13,15H,7,10-11H2,1-4H3/t13?,15-/m1/s1. The van der Waals surface area contributed by atoms with E-state index in [1.54, 1.807) is 12.1 Å². The van der Waals surface area contributed by atoms with E-state index in [0.29, 0.717) is 4.90 Å². The molecule has 4 heteroatoms. The number of benzene rings is 1. The van der Waals surface area contributed by atoms with Crippen molar-refractivity contribution in [1.29, 1.82) is 0 Å². The van der Waals surface area contributed by atoms with Gasteiger partial charge in [0.1, 0.15) is 0 Å². The van der Waals surface area contributed by atoms with Crippen molar-refractivity contribution in [3.8, 4) is 0 Å². The number of ether oxygens (including phenoxy) is 1. The van der Waals surface area contributed by atoms with Crippen molar-refractivity contribution in [2.45, 2.75) is 57.6 Å². The van der Waals surface area contributed by atoms with E-state index in [0.717, 1.165) is 18.4 Å². The predicted octanol–water partition coefficient (Wildman–Crippen LogP) is 3.36. The lowest BCUT2D eigenvalue weighted by Gasteiger charge is -2.26. The Morgan fingerprint density at radius 1 is 1.15 bits per heavy atom. The minimum atomic E-state index is -3.25. The van der Waals surface area contributed by atoms with Crippen LogP contribution in [0.5, 0.6) is 0 Å². The Bertz CT molecular complexity index is 552. The molecule has 0 amide bonds. The maximum Gasteiger partial charge on any atom is 0.180 e. The molecule has 3 nitrogen and oxygen atoms in total. The molecule has 0 radical (unpaired) electrons. The molecule has 112 valence electrons. The molecular formula is C16H24O3S. The van der Waals surface area contributed by atoms with Crippen LogP contribution in [0.4, 0.5) is 0 Å². The van der Waals surface area contributed by atoms with Crippen LogP contribution in [0.1, 0.15) is 39.2 Å². The Morgan fingerprint density at radius 3 is 2.25 bits per heavy atom. The van der Waals surface area contributed by atoms with Gasteiger partial charge in [-0.15, -0.1) is 0 Å². The largest absolute Gasteiger partial charge is 0.373 e. The number of sulfone groups is 1. The number of rotatable bonds is 3. The molecule has 2 rings (SSSR count). The summed E-state index contributed by atoms with van der Waals surface area (Å²) in [6.45, 7) is 8.35. The topological polar surface area (TPSA) is 43.4 Å². The molecule has 1 fully saturated rings. The van der Waals surface area contributed by atoms with Crippen LogP contribution < -0.4 is 0 Å². The fourth-order valence-electron chi connectivity index (χ4n) is 2.55. The lowest BCUT2D eigenvalue weighted by Crippen LogP contribution is -2.28. The summed E-state index contributed by atoms with van der Waals surface area (Å²) in [5, 5.41) is 0. The van der Waals surface area contributed by atoms with Crippen LogP contribution in [0.3, 0.4) is 0 Å². The maximum atomic E-state index is 12.4. The van der Waals surface area contributed by atoms with Gasteiger partial charge in [0.25, 0.3) is 0 Å². The summed E-state index contributed by atoms with van der Waals surface area (Å²) in [6, 6.07) is 7.03. The fourth-order valence-corrected chi connectivity index (χ4v) is 4.03. The van der Waals surface area contributed by atoms with Crippen LogP contribution in [0, 0.1) is 12.3 Å². The molecule has 1 aromatic carbocycles. The summed E-state index contributed by atoms with van der Waals surface area (Å²) in [7, 11) is -3.25. The molecule has 1 aliphatic heterocycles. The third-order valence-corrected chi connectivity index (χ3v) is 5.66. The van der Waals surface area contributed by atoms with E-state index >= 15 is 0 Å². The zero-order chi connectivity index (χ0) is 15.0. The monoisotopic (exact) mass is 296 g/mol. The maximum absolute atomic E-state index is 12.4. The van der Waals surface area contributed by atoms with Gasteiger partial charge in [-0.25, -0.2) is 8.42 Å². The Balaban J connectivity index is 2.05. The zero-order valence-electron chi connectivity index (χ0n) is 12.7. The van der Waals surface area contributed by atoms with Crippen LogP contribution in [-0.2, 0) is 14.6 Å². The van der Waals surface area contributed by atoms with Crippen molar-refractivity contribution in [3.05, 3.63) is 29.8 Å². The van der Waals surface area contributed by atoms with E-state index in [1.807, 2.05) is 19.1 Å². The second-order valence-electron chi connectivity index (χ2n) is 6.78. The van der Waals surface area contributed by atoms with Gasteiger partial charge < -0.3 is 4.74 Å². The summed E-state index contributed by atoms with van der Waals surface area (Å²) >= 11 is 0. The normalized spacial score (nSPS) is 24.0. The van der Waals surface area contributed by atoms with Crippen molar-refractivity contribution in [3.63, 3.8) is 0 Å². The highest BCUT2D eigenvalue weighted by Crippen LogP contribution is 2.34. The average Bonchev–Trinajstić information content (AvgIpc) is 2.77. The SMILES string of the molecule is Cc1ccc(S(=O)(=O)CC2CC[C@H](C(C)(C)C)O2)cc1. The fraction of sp³-hybridized carbons (Fsp3) is 0.625. The molecule has 0 aliphatic carbocycles. The molecule has 1 aromatic rings. The predicted molar refractivity (Wildman–Crippen MR) is 80.6 cm³/mol. The van der Waals surface area contributed by atoms with Gasteiger partial charge in [-0.2, -0.15) is 0 Å². The minimum Gasteiger partial charge on any atom is -0.373 e. The third-order valence-electron chi connectivity index (χ3n) is 3.86. The first-order chi connectivity index (χ1) is 9.18. The molecule has 0 saturated carbocycles. The molecule has 1 unspecified atom stereocenters. The van der Waals surface area contributed by atoms with Gasteiger partial charge in [-0.05, 0) is 37.3 Å². The third kappa shape index (κ3) is 3.61. The van der Waals surface area contributed by atoms with E-state index in [4.69, 9.17) is 4.74 Å². The van der Waals surface area contributed by atoms with Crippen molar-refractivity contribution >= 4 is 9.84 Å². The lowest BCUT2D eigenvalue weighted by atomic mass is 9.87. The second-order valence-corrected chi connectivity index (χ2v) is 8.82. The van der Waals surface area contributed by atoms with E-state index in [2.05, 4.69) is 20.8 Å². The van der Waals surface area contributed by atoms with Gasteiger partial charge in [0.2, 0.25) is 0 Å². The number of hydrogen-bond donors (Lipinski definition) is 0. The highest BCUT2D eigenvalue weighted by atomic mass is 32.2. The van der Waals surface area contributed by atoms with E-state index in [9.17, 15) is 8.42 Å². The smallest absolute Gasteiger partial charge is 0.180 e. The molecule has 20 heavy (non-hydrogen) atoms. The van der Waals surface area contributed by atoms with Gasteiger partial charge in [-0.1, -0.05) is 38.5 Å². The van der Waals surface area contributed by atoms with E-state index in [-0.39, 0.29) is 23.4 Å². The molecule has 0 spiro atoms. The summed E-state index contributed by atoms with van der Waals surface area (Å²) in [4.78, 5) is 0.394. The molecule has 0 N–H and O–H groups in total. The zero-order valence-corrected chi connectivity index (χ0v) is 13.5. The first-order valence-electron chi connectivity index (χ1n) is 7.13. The van der Waals surface area contributed by atoms with Crippen LogP contribution in [0.15, 0.2) is 29.2 Å². The summed E-state index contributed by atoms with van der Waals surface area (Å²) in [6.07, 6.45) is 1.75. The molecule has 1 saturated heterocycles. The van der Waals surface area contributed by atoms with Gasteiger partial charge in [0, 0.05) is 0 Å². The highest BCUT2D eigenvalue weighted by molar-refractivity contribution is 7.91. The van der Waals surface area contributed by atoms with Crippen molar-refractivity contribution < 1.29 is 13.2 Å². The van der Waals surface area contributed by atoms with E-state index in [1.165, 1.54) is 0 Å². The lowest BCUT2D eigenvalue weighted by molar-refractivity contribution is -0.00689. The Hall–Kier alpha value is -0.870. The van der Waals surface area contributed by atoms with Gasteiger partial charge in [-0.3, -0.25) is 0 Å². The van der Waals surface area contributed by atoms with Crippen LogP contribution in [0.25, 0.3) is 0 Å². The molecule has 1 heterocycles. The number of aryl methyl sites for hydroxylation is 1. The van der Waals surface area contributed by atoms with Crippen molar-refractivity contribution in [2.24, 2.45) is 5.41 Å². The Labute approximate surface area is 122 Å². The first kappa shape index (κ1) is 15.5. The van der Waals surface area contributed by atoms with Crippen LogP contribution >= 0.6 is 0 Å². The van der Waals surface area contributed by atoms with Crippen molar-refractivity contribution in [2.75, 3.05) is 5.75 Å². The molecule has 0 bridgehead atoms. The Morgan fingerprint density at radius 2 is 1.75 bits per heavy atom. The molecular weight excluding hydrogens is 272 g/mol. The first-order valence-corrected chi connectivity index (χ1v) is 8.78. The van der Waals surface area contributed by atoms with Crippen LogP contribution in [0.2, 0.25) is 0 Å². The summed E-state index contributed by atoms with van der Waals surface area (Å²) in [5.74, 6) is 0.0860. The second kappa shape index (κ2) is 5.49. The summed E-state index contributed by atoms with van der Waals surface area (Å²) in [5.41, 5.74) is 1.14. The molecule has 1 aliphatic rings. The summed E-state index contributed by atoms with van der Waals surface area (Å²) < 4.78 is 30.7. The van der Waals surface area contributed by atoms with Crippen LogP contribution in [-0.4, -0.2) is 26.4 Å². The highest BCUT2D eigenvalue weighted by Gasteiger charge is 2.36. The van der Waals surface area contributed by atoms with Gasteiger partial charge in [0.05, 0.1) is 22.9 Å². The molecule has 0 aromatic heterocycles. The minimum absolute atomic E-state index is 0.0718. The van der Waals surface area contributed by atoms with Crippen molar-refractivity contribution in [1.82, 2.24) is 0 Å². The van der Waals surface area contributed by atoms with Gasteiger partial charge >= 0.3 is 0 Å². The Kier molecular flexibility index (Phi) is 4.26. The number of hydrogen-bond acceptors (Lipinski definition) is 3. The average molecular weight is 296 g/mol. The van der Waals surface area contributed by atoms with Gasteiger partial charge in [0.15, 0.2) is 9.84 Å².